The summed E-state index contributed by atoms with van der Waals surface area (Å²) in [7, 11) is 1.64. The minimum Gasteiger partial charge on any atom is -0.365 e. The van der Waals surface area contributed by atoms with Gasteiger partial charge in [0.15, 0.2) is 0 Å². The van der Waals surface area contributed by atoms with Crippen molar-refractivity contribution in [2.75, 3.05) is 20.1 Å². The van der Waals surface area contributed by atoms with Crippen molar-refractivity contribution in [1.29, 1.82) is 0 Å². The third-order valence-electron chi connectivity index (χ3n) is 5.36. The summed E-state index contributed by atoms with van der Waals surface area (Å²) >= 11 is 0. The van der Waals surface area contributed by atoms with Gasteiger partial charge in [-0.15, -0.1) is 5.10 Å². The Hall–Kier alpha value is -2.94. The second-order valence-electron chi connectivity index (χ2n) is 7.24. The number of hydrogen-bond donors (Lipinski definition) is 2. The minimum atomic E-state index is -0.435. The van der Waals surface area contributed by atoms with E-state index in [0.717, 1.165) is 25.1 Å². The summed E-state index contributed by atoms with van der Waals surface area (Å²) in [6, 6.07) is 8.98. The zero-order valence-electron chi connectivity index (χ0n) is 15.9. The van der Waals surface area contributed by atoms with Crippen molar-refractivity contribution in [1.82, 2.24) is 30.5 Å². The number of likely N-dealkylation sites (tertiary alicyclic amines) is 1. The molecular weight excluding hydrogens is 360 g/mol. The average molecular weight is 384 g/mol. The van der Waals surface area contributed by atoms with Crippen LogP contribution in [0.1, 0.15) is 34.6 Å². The number of aromatic nitrogens is 3. The van der Waals surface area contributed by atoms with E-state index in [1.807, 2.05) is 22.9 Å². The second-order valence-corrected chi connectivity index (χ2v) is 7.24. The largest absolute Gasteiger partial charge is 0.365 e. The molecule has 0 bridgehead atoms. The van der Waals surface area contributed by atoms with Crippen LogP contribution in [-0.2, 0) is 24.4 Å². The van der Waals surface area contributed by atoms with Gasteiger partial charge in [-0.3, -0.25) is 4.79 Å². The van der Waals surface area contributed by atoms with E-state index in [1.54, 1.807) is 24.1 Å². The molecule has 1 spiro atoms. The van der Waals surface area contributed by atoms with Crippen molar-refractivity contribution in [3.05, 3.63) is 47.3 Å². The maximum Gasteiger partial charge on any atom is 0.317 e. The first kappa shape index (κ1) is 18.4. The zero-order chi connectivity index (χ0) is 19.6. The number of hydrogen-bond acceptors (Lipinski definition) is 5. The summed E-state index contributed by atoms with van der Waals surface area (Å²) in [5.74, 6) is -0.149. The minimum absolute atomic E-state index is 0.0867. The summed E-state index contributed by atoms with van der Waals surface area (Å²) in [5.41, 5.74) is 1.75. The molecule has 1 atom stereocenters. The van der Waals surface area contributed by atoms with Gasteiger partial charge in [-0.2, -0.15) is 0 Å². The molecule has 9 nitrogen and oxygen atoms in total. The first-order valence-electron chi connectivity index (χ1n) is 9.45. The third kappa shape index (κ3) is 3.57. The van der Waals surface area contributed by atoms with E-state index in [0.29, 0.717) is 37.5 Å². The molecule has 2 aliphatic heterocycles. The van der Waals surface area contributed by atoms with E-state index < -0.39 is 5.60 Å². The van der Waals surface area contributed by atoms with Gasteiger partial charge in [0.1, 0.15) is 11.3 Å². The maximum atomic E-state index is 12.2. The van der Waals surface area contributed by atoms with Crippen molar-refractivity contribution < 1.29 is 14.3 Å². The van der Waals surface area contributed by atoms with Gasteiger partial charge in [0.2, 0.25) is 0 Å². The Labute approximate surface area is 163 Å². The molecule has 2 N–H and O–H groups in total. The van der Waals surface area contributed by atoms with Crippen LogP contribution in [0.2, 0.25) is 0 Å². The topological polar surface area (TPSA) is 101 Å². The number of nitrogens with one attached hydrogen (secondary N) is 2. The lowest BCUT2D eigenvalue weighted by Gasteiger charge is -2.44. The molecule has 0 radical (unpaired) electrons. The van der Waals surface area contributed by atoms with Crippen LogP contribution in [0.4, 0.5) is 4.79 Å². The normalized spacial score (nSPS) is 21.2. The lowest BCUT2D eigenvalue weighted by molar-refractivity contribution is -0.121. The van der Waals surface area contributed by atoms with E-state index in [2.05, 4.69) is 20.9 Å². The molecule has 1 saturated heterocycles. The molecule has 4 rings (SSSR count). The van der Waals surface area contributed by atoms with Gasteiger partial charge in [0, 0.05) is 19.2 Å². The number of benzene rings is 1. The quantitative estimate of drug-likeness (QED) is 0.819. The molecule has 0 saturated carbocycles. The Morgan fingerprint density at radius 2 is 2.07 bits per heavy atom. The van der Waals surface area contributed by atoms with Crippen LogP contribution in [0.5, 0.6) is 0 Å². The molecule has 148 valence electrons. The molecule has 1 fully saturated rings. The van der Waals surface area contributed by atoms with Gasteiger partial charge in [-0.05, 0) is 25.0 Å². The number of carbonyl (C=O) groups is 2. The highest BCUT2D eigenvalue weighted by Crippen LogP contribution is 2.32. The Balaban J connectivity index is 1.42. The van der Waals surface area contributed by atoms with Crippen LogP contribution in [-0.4, -0.2) is 57.6 Å². The van der Waals surface area contributed by atoms with Crippen molar-refractivity contribution in [3.63, 3.8) is 0 Å². The first-order valence-corrected chi connectivity index (χ1v) is 9.45. The second kappa shape index (κ2) is 7.59. The molecular formula is C19H24N6O3. The van der Waals surface area contributed by atoms with E-state index in [1.165, 1.54) is 0 Å². The maximum absolute atomic E-state index is 12.2. The summed E-state index contributed by atoms with van der Waals surface area (Å²) < 4.78 is 8.06. The van der Waals surface area contributed by atoms with Crippen molar-refractivity contribution in [3.8, 4) is 0 Å². The molecule has 2 aliphatic rings. The lowest BCUT2D eigenvalue weighted by atomic mass is 9.91. The molecule has 28 heavy (non-hydrogen) atoms. The van der Waals surface area contributed by atoms with Crippen molar-refractivity contribution in [2.24, 2.45) is 0 Å². The summed E-state index contributed by atoms with van der Waals surface area (Å²) in [6.07, 6.45) is 1.76. The number of rotatable bonds is 3. The van der Waals surface area contributed by atoms with Gasteiger partial charge >= 0.3 is 6.03 Å². The highest BCUT2D eigenvalue weighted by molar-refractivity contribution is 5.94. The first-order chi connectivity index (χ1) is 13.6. The summed E-state index contributed by atoms with van der Waals surface area (Å²) in [5, 5.41) is 14.1. The Morgan fingerprint density at radius 1 is 1.25 bits per heavy atom. The Morgan fingerprint density at radius 3 is 2.86 bits per heavy atom. The molecule has 1 aromatic heterocycles. The highest BCUT2D eigenvalue weighted by atomic mass is 16.5. The smallest absolute Gasteiger partial charge is 0.317 e. The predicted molar refractivity (Wildman–Crippen MR) is 100 cm³/mol. The van der Waals surface area contributed by atoms with Crippen LogP contribution < -0.4 is 10.6 Å². The van der Waals surface area contributed by atoms with Crippen LogP contribution in [0, 0.1) is 0 Å². The number of carbonyl (C=O) groups excluding carboxylic acids is 2. The van der Waals surface area contributed by atoms with Crippen molar-refractivity contribution >= 4 is 11.9 Å². The SMILES string of the molecule is CNC(=O)N1CCCC2(C1)Cn1nnc(CNC(=O)c3ccccc3)c1CO2. The van der Waals surface area contributed by atoms with Gasteiger partial charge in [-0.1, -0.05) is 23.4 Å². The van der Waals surface area contributed by atoms with Crippen LogP contribution in [0.3, 0.4) is 0 Å². The predicted octanol–water partition coefficient (Wildman–Crippen LogP) is 0.912. The lowest BCUT2D eigenvalue weighted by Crippen LogP contribution is -2.57. The number of urea groups is 1. The van der Waals surface area contributed by atoms with Crippen LogP contribution >= 0.6 is 0 Å². The van der Waals surface area contributed by atoms with E-state index >= 15 is 0 Å². The fourth-order valence-electron chi connectivity index (χ4n) is 3.86. The molecule has 1 aromatic carbocycles. The van der Waals surface area contributed by atoms with Gasteiger partial charge in [0.25, 0.3) is 5.91 Å². The number of nitrogens with zero attached hydrogens (tertiary/aromatic N) is 4. The molecule has 9 heteroatoms. The number of fused-ring (bicyclic) bond motifs is 1. The number of amides is 3. The fourth-order valence-corrected chi connectivity index (χ4v) is 3.86. The summed E-state index contributed by atoms with van der Waals surface area (Å²) in [4.78, 5) is 26.0. The zero-order valence-corrected chi connectivity index (χ0v) is 15.9. The van der Waals surface area contributed by atoms with Gasteiger partial charge in [-0.25, -0.2) is 9.48 Å². The standard InChI is InChI=1S/C19H24N6O3/c1-20-18(27)24-9-5-8-19(12-24)13-25-16(11-28-19)15(22-23-25)10-21-17(26)14-6-3-2-4-7-14/h2-4,6-7H,5,8-13H2,1H3,(H,20,27)(H,21,26). The fraction of sp³-hybridized carbons (Fsp3) is 0.474. The van der Waals surface area contributed by atoms with E-state index in [4.69, 9.17) is 4.74 Å². The van der Waals surface area contributed by atoms with Crippen molar-refractivity contribution in [2.45, 2.75) is 38.1 Å². The van der Waals surface area contributed by atoms with Crippen LogP contribution in [0.25, 0.3) is 0 Å². The Kier molecular flexibility index (Phi) is 4.99. The summed E-state index contributed by atoms with van der Waals surface area (Å²) in [6.45, 7) is 2.47. The third-order valence-corrected chi connectivity index (χ3v) is 5.36. The molecule has 1 unspecified atom stereocenters. The molecule has 3 amide bonds. The van der Waals surface area contributed by atoms with Crippen LogP contribution in [0.15, 0.2) is 30.3 Å². The Bertz CT molecular complexity index is 868. The van der Waals surface area contributed by atoms with E-state index in [-0.39, 0.29) is 11.9 Å². The monoisotopic (exact) mass is 384 g/mol. The molecule has 2 aromatic rings. The van der Waals surface area contributed by atoms with E-state index in [9.17, 15) is 9.59 Å². The number of ether oxygens (including phenoxy) is 1. The molecule has 3 heterocycles. The average Bonchev–Trinajstić information content (AvgIpc) is 3.13. The van der Waals surface area contributed by atoms with Gasteiger partial charge < -0.3 is 20.3 Å². The molecule has 0 aliphatic carbocycles. The number of piperidine rings is 1. The highest BCUT2D eigenvalue weighted by Gasteiger charge is 2.42. The van der Waals surface area contributed by atoms with Gasteiger partial charge in [0.05, 0.1) is 31.9 Å².